The highest BCUT2D eigenvalue weighted by atomic mass is 19.4. The maximum atomic E-state index is 13.1. The molecule has 0 spiro atoms. The summed E-state index contributed by atoms with van der Waals surface area (Å²) in [6.45, 7) is 0. The molecule has 0 aliphatic rings. The molecule has 3 N–H and O–H groups in total. The standard InChI is InChI=1S/C12H9F4N3O3/c1-19-10(8(21)9(18-19)12(14,15)16)17-11(22)6-4-5(13)2-3-7(6)20/h2-4,20-21H,1H3,(H,17,22). The van der Waals surface area contributed by atoms with Gasteiger partial charge in [-0.2, -0.15) is 18.3 Å². The molecule has 118 valence electrons. The summed E-state index contributed by atoms with van der Waals surface area (Å²) in [5.41, 5.74) is -2.08. The fourth-order valence-electron chi connectivity index (χ4n) is 1.71. The van der Waals surface area contributed by atoms with Crippen LogP contribution in [-0.2, 0) is 13.2 Å². The maximum Gasteiger partial charge on any atom is 0.438 e. The van der Waals surface area contributed by atoms with Crippen molar-refractivity contribution in [3.8, 4) is 11.5 Å². The smallest absolute Gasteiger partial charge is 0.438 e. The number of alkyl halides is 3. The van der Waals surface area contributed by atoms with Crippen molar-refractivity contribution in [2.45, 2.75) is 6.18 Å². The van der Waals surface area contributed by atoms with Crippen LogP contribution in [0.5, 0.6) is 11.5 Å². The van der Waals surface area contributed by atoms with E-state index in [0.717, 1.165) is 19.2 Å². The van der Waals surface area contributed by atoms with Gasteiger partial charge in [-0.05, 0) is 18.2 Å². The van der Waals surface area contributed by atoms with E-state index in [1.54, 1.807) is 0 Å². The molecule has 0 aliphatic carbocycles. The minimum Gasteiger partial charge on any atom is -0.507 e. The van der Waals surface area contributed by atoms with Crippen LogP contribution >= 0.6 is 0 Å². The van der Waals surface area contributed by atoms with Gasteiger partial charge in [-0.25, -0.2) is 9.07 Å². The largest absolute Gasteiger partial charge is 0.507 e. The molecule has 6 nitrogen and oxygen atoms in total. The third-order valence-corrected chi connectivity index (χ3v) is 2.73. The molecule has 2 aromatic rings. The Labute approximate surface area is 120 Å². The van der Waals surface area contributed by atoms with Crippen molar-refractivity contribution in [2.75, 3.05) is 5.32 Å². The first-order valence-corrected chi connectivity index (χ1v) is 5.74. The van der Waals surface area contributed by atoms with Gasteiger partial charge in [0.05, 0.1) is 5.56 Å². The number of aromatic nitrogens is 2. The van der Waals surface area contributed by atoms with E-state index in [1.807, 2.05) is 5.32 Å². The molecule has 0 fully saturated rings. The van der Waals surface area contributed by atoms with E-state index in [-0.39, 0.29) is 0 Å². The second-order valence-corrected chi connectivity index (χ2v) is 4.28. The molecule has 0 atom stereocenters. The minimum absolute atomic E-state index is 0.505. The number of hydrogen-bond acceptors (Lipinski definition) is 4. The Kier molecular flexibility index (Phi) is 3.69. The molecule has 10 heteroatoms. The zero-order chi connectivity index (χ0) is 16.7. The Balaban J connectivity index is 2.37. The van der Waals surface area contributed by atoms with E-state index in [9.17, 15) is 32.6 Å². The summed E-state index contributed by atoms with van der Waals surface area (Å²) in [7, 11) is 1.07. The zero-order valence-corrected chi connectivity index (χ0v) is 10.9. The van der Waals surface area contributed by atoms with Crippen LogP contribution in [0.2, 0.25) is 0 Å². The first-order chi connectivity index (χ1) is 10.1. The number of anilines is 1. The van der Waals surface area contributed by atoms with Crippen LogP contribution in [0.15, 0.2) is 18.2 Å². The summed E-state index contributed by atoms with van der Waals surface area (Å²) in [5.74, 6) is -4.42. The highest BCUT2D eigenvalue weighted by Gasteiger charge is 2.39. The third-order valence-electron chi connectivity index (χ3n) is 2.73. The number of aromatic hydroxyl groups is 2. The number of benzene rings is 1. The second-order valence-electron chi connectivity index (χ2n) is 4.28. The number of nitrogens with one attached hydrogen (secondary N) is 1. The van der Waals surface area contributed by atoms with Crippen LogP contribution in [0.1, 0.15) is 16.1 Å². The number of carbonyl (C=O) groups is 1. The van der Waals surface area contributed by atoms with Crippen LogP contribution < -0.4 is 5.32 Å². The molecule has 1 aromatic carbocycles. The fraction of sp³-hybridized carbons (Fsp3) is 0.167. The lowest BCUT2D eigenvalue weighted by Crippen LogP contribution is -2.15. The minimum atomic E-state index is -4.91. The first kappa shape index (κ1) is 15.6. The van der Waals surface area contributed by atoms with E-state index < -0.39 is 46.5 Å². The fourth-order valence-corrected chi connectivity index (χ4v) is 1.71. The molecule has 0 unspecified atom stereocenters. The number of amides is 1. The number of halogens is 4. The van der Waals surface area contributed by atoms with Gasteiger partial charge in [0.15, 0.2) is 11.6 Å². The number of hydrogen-bond donors (Lipinski definition) is 3. The van der Waals surface area contributed by atoms with Gasteiger partial charge in [-0.15, -0.1) is 0 Å². The van der Waals surface area contributed by atoms with Crippen molar-refractivity contribution in [3.05, 3.63) is 35.3 Å². The highest BCUT2D eigenvalue weighted by molar-refractivity contribution is 6.06. The summed E-state index contributed by atoms with van der Waals surface area (Å²) in [6, 6.07) is 2.51. The Morgan fingerprint density at radius 1 is 1.32 bits per heavy atom. The van der Waals surface area contributed by atoms with E-state index in [0.29, 0.717) is 10.7 Å². The molecule has 2 rings (SSSR count). The predicted molar refractivity (Wildman–Crippen MR) is 65.9 cm³/mol. The molecule has 0 saturated heterocycles. The summed E-state index contributed by atoms with van der Waals surface area (Å²) in [6.07, 6.45) is -4.91. The molecular weight excluding hydrogens is 310 g/mol. The van der Waals surface area contributed by atoms with Crippen molar-refractivity contribution in [3.63, 3.8) is 0 Å². The third kappa shape index (κ3) is 2.80. The first-order valence-electron chi connectivity index (χ1n) is 5.74. The van der Waals surface area contributed by atoms with Gasteiger partial charge in [0, 0.05) is 7.05 Å². The Hall–Kier alpha value is -2.78. The van der Waals surface area contributed by atoms with Crippen molar-refractivity contribution in [1.29, 1.82) is 0 Å². The molecule has 0 aliphatic heterocycles. The van der Waals surface area contributed by atoms with Crippen LogP contribution in [0, 0.1) is 5.82 Å². The molecule has 22 heavy (non-hydrogen) atoms. The zero-order valence-electron chi connectivity index (χ0n) is 10.9. The van der Waals surface area contributed by atoms with Crippen LogP contribution in [0.3, 0.4) is 0 Å². The van der Waals surface area contributed by atoms with Crippen molar-refractivity contribution in [2.24, 2.45) is 7.05 Å². The SMILES string of the molecule is Cn1nc(C(F)(F)F)c(O)c1NC(=O)c1cc(F)ccc1O. The maximum absolute atomic E-state index is 13.1. The van der Waals surface area contributed by atoms with Gasteiger partial charge in [0.2, 0.25) is 5.69 Å². The highest BCUT2D eigenvalue weighted by Crippen LogP contribution is 2.39. The van der Waals surface area contributed by atoms with Crippen molar-refractivity contribution in [1.82, 2.24) is 9.78 Å². The van der Waals surface area contributed by atoms with Gasteiger partial charge in [0.25, 0.3) is 5.91 Å². The summed E-state index contributed by atoms with van der Waals surface area (Å²) >= 11 is 0. The van der Waals surface area contributed by atoms with E-state index >= 15 is 0 Å². The topological polar surface area (TPSA) is 87.4 Å². The van der Waals surface area contributed by atoms with Crippen LogP contribution in [-0.4, -0.2) is 25.9 Å². The van der Waals surface area contributed by atoms with Crippen molar-refractivity contribution >= 4 is 11.7 Å². The van der Waals surface area contributed by atoms with Gasteiger partial charge < -0.3 is 15.5 Å². The van der Waals surface area contributed by atoms with E-state index in [1.165, 1.54) is 0 Å². The molecule has 0 saturated carbocycles. The average Bonchev–Trinajstić information content (AvgIpc) is 2.69. The predicted octanol–water partition coefficient (Wildman–Crippen LogP) is 2.24. The van der Waals surface area contributed by atoms with E-state index in [4.69, 9.17) is 0 Å². The van der Waals surface area contributed by atoms with Gasteiger partial charge in [-0.3, -0.25) is 4.79 Å². The number of aryl methyl sites for hydroxylation is 1. The lowest BCUT2D eigenvalue weighted by atomic mass is 10.2. The summed E-state index contributed by atoms with van der Waals surface area (Å²) in [5, 5.41) is 24.0. The number of phenolic OH excluding ortho intramolecular Hbond substituents is 1. The lowest BCUT2D eigenvalue weighted by Gasteiger charge is -2.07. The Morgan fingerprint density at radius 3 is 2.50 bits per heavy atom. The van der Waals surface area contributed by atoms with E-state index in [2.05, 4.69) is 5.10 Å². The summed E-state index contributed by atoms with van der Waals surface area (Å²) in [4.78, 5) is 11.9. The second kappa shape index (κ2) is 5.20. The Bertz CT molecular complexity index is 740. The number of rotatable bonds is 2. The molecule has 1 aromatic heterocycles. The molecule has 1 heterocycles. The van der Waals surface area contributed by atoms with Gasteiger partial charge in [0.1, 0.15) is 11.6 Å². The van der Waals surface area contributed by atoms with Crippen LogP contribution in [0.4, 0.5) is 23.4 Å². The van der Waals surface area contributed by atoms with Gasteiger partial charge >= 0.3 is 6.18 Å². The monoisotopic (exact) mass is 319 g/mol. The molecular formula is C12H9F4N3O3. The average molecular weight is 319 g/mol. The normalized spacial score (nSPS) is 11.5. The van der Waals surface area contributed by atoms with Crippen LogP contribution in [0.25, 0.3) is 0 Å². The number of phenols is 1. The molecule has 0 radical (unpaired) electrons. The summed E-state index contributed by atoms with van der Waals surface area (Å²) < 4.78 is 51.4. The lowest BCUT2D eigenvalue weighted by molar-refractivity contribution is -0.142. The quantitative estimate of drug-likeness (QED) is 0.741. The van der Waals surface area contributed by atoms with Crippen molar-refractivity contribution < 1.29 is 32.6 Å². The number of carbonyl (C=O) groups excluding carboxylic acids is 1. The number of nitrogens with zero attached hydrogens (tertiary/aromatic N) is 2. The Morgan fingerprint density at radius 2 is 1.95 bits per heavy atom. The van der Waals surface area contributed by atoms with Gasteiger partial charge in [-0.1, -0.05) is 0 Å². The molecule has 1 amide bonds. The molecule has 0 bridgehead atoms.